The summed E-state index contributed by atoms with van der Waals surface area (Å²) in [4.78, 5) is 0. The highest BCUT2D eigenvalue weighted by Crippen LogP contribution is 2.41. The smallest absolute Gasteiger partial charge is 0.159 e. The number of hydrogen-bond donors (Lipinski definition) is 1. The van der Waals surface area contributed by atoms with Gasteiger partial charge in [0.25, 0.3) is 0 Å². The summed E-state index contributed by atoms with van der Waals surface area (Å²) in [6.07, 6.45) is 1.54. The number of rotatable bonds is 6. The molecule has 0 fully saturated rings. The number of methoxy groups -OCH3 is 3. The zero-order valence-corrected chi connectivity index (χ0v) is 15.5. The molecule has 0 atom stereocenters. The van der Waals surface area contributed by atoms with Crippen LogP contribution in [0.25, 0.3) is 0 Å². The van der Waals surface area contributed by atoms with Gasteiger partial charge in [0.05, 0.1) is 43.3 Å². The number of anilines is 1. The minimum atomic E-state index is 0.279. The summed E-state index contributed by atoms with van der Waals surface area (Å²) in [5.41, 5.74) is 4.15. The van der Waals surface area contributed by atoms with Crippen LogP contribution >= 0.6 is 34.8 Å². The van der Waals surface area contributed by atoms with Gasteiger partial charge >= 0.3 is 0 Å². The molecule has 0 aliphatic carbocycles. The summed E-state index contributed by atoms with van der Waals surface area (Å²) in [6.45, 7) is 0. The summed E-state index contributed by atoms with van der Waals surface area (Å²) in [5.74, 6) is 1.35. The molecule has 0 amide bonds. The van der Waals surface area contributed by atoms with Crippen molar-refractivity contribution in [1.82, 2.24) is 0 Å². The Morgan fingerprint density at radius 1 is 0.917 bits per heavy atom. The molecule has 24 heavy (non-hydrogen) atoms. The highest BCUT2D eigenvalue weighted by Gasteiger charge is 2.16. The molecule has 0 radical (unpaired) electrons. The predicted octanol–water partition coefficient (Wildman–Crippen LogP) is 5.12. The predicted molar refractivity (Wildman–Crippen MR) is 98.8 cm³/mol. The first-order chi connectivity index (χ1) is 11.5. The molecule has 2 rings (SSSR count). The van der Waals surface area contributed by atoms with Crippen molar-refractivity contribution in [3.8, 4) is 17.2 Å². The van der Waals surface area contributed by atoms with Crippen LogP contribution in [0.2, 0.25) is 15.1 Å². The van der Waals surface area contributed by atoms with Crippen LogP contribution in [0, 0.1) is 0 Å². The Morgan fingerprint density at radius 2 is 1.62 bits per heavy atom. The van der Waals surface area contributed by atoms with Gasteiger partial charge in [0.2, 0.25) is 0 Å². The Bertz CT molecular complexity index is 767. The Morgan fingerprint density at radius 3 is 2.21 bits per heavy atom. The maximum atomic E-state index is 6.22. The average molecular weight is 390 g/mol. The molecule has 2 aromatic carbocycles. The molecule has 0 unspecified atom stereocenters. The van der Waals surface area contributed by atoms with Gasteiger partial charge in [0, 0.05) is 5.56 Å². The topological polar surface area (TPSA) is 52.1 Å². The first-order valence-electron chi connectivity index (χ1n) is 6.74. The molecule has 0 bridgehead atoms. The number of nitrogens with one attached hydrogen (secondary N) is 1. The third-order valence-electron chi connectivity index (χ3n) is 3.12. The molecule has 0 spiro atoms. The van der Waals surface area contributed by atoms with Gasteiger partial charge in [-0.1, -0.05) is 34.8 Å². The summed E-state index contributed by atoms with van der Waals surface area (Å²) in [6, 6.07) is 6.87. The van der Waals surface area contributed by atoms with Crippen LogP contribution in [0.5, 0.6) is 17.2 Å². The van der Waals surface area contributed by atoms with Crippen molar-refractivity contribution in [3.05, 3.63) is 44.9 Å². The normalized spacial score (nSPS) is 10.8. The van der Waals surface area contributed by atoms with Crippen molar-refractivity contribution in [2.75, 3.05) is 26.8 Å². The van der Waals surface area contributed by atoms with E-state index in [0.29, 0.717) is 38.5 Å². The fraction of sp³-hybridized carbons (Fsp3) is 0.188. The number of hydrogen-bond acceptors (Lipinski definition) is 5. The van der Waals surface area contributed by atoms with Crippen molar-refractivity contribution >= 4 is 46.7 Å². The molecule has 0 aromatic heterocycles. The average Bonchev–Trinajstić information content (AvgIpc) is 2.55. The molecule has 0 saturated heterocycles. The van der Waals surface area contributed by atoms with Gasteiger partial charge < -0.3 is 14.2 Å². The van der Waals surface area contributed by atoms with E-state index in [4.69, 9.17) is 49.0 Å². The van der Waals surface area contributed by atoms with Crippen LogP contribution in [-0.2, 0) is 0 Å². The van der Waals surface area contributed by atoms with Crippen LogP contribution < -0.4 is 19.6 Å². The summed E-state index contributed by atoms with van der Waals surface area (Å²) in [7, 11) is 4.54. The second-order valence-corrected chi connectivity index (χ2v) is 5.74. The molecule has 8 heteroatoms. The third-order valence-corrected chi connectivity index (χ3v) is 4.04. The van der Waals surface area contributed by atoms with Gasteiger partial charge in [-0.05, 0) is 24.3 Å². The molecule has 0 heterocycles. The second kappa shape index (κ2) is 8.33. The Labute approximate surface area is 155 Å². The van der Waals surface area contributed by atoms with Crippen LogP contribution in [0.15, 0.2) is 29.4 Å². The monoisotopic (exact) mass is 388 g/mol. The summed E-state index contributed by atoms with van der Waals surface area (Å²) >= 11 is 18.4. The van der Waals surface area contributed by atoms with E-state index < -0.39 is 0 Å². The first kappa shape index (κ1) is 18.5. The van der Waals surface area contributed by atoms with Crippen molar-refractivity contribution in [1.29, 1.82) is 0 Å². The van der Waals surface area contributed by atoms with Gasteiger partial charge in [-0.2, -0.15) is 5.10 Å². The molecular weight excluding hydrogens is 375 g/mol. The van der Waals surface area contributed by atoms with E-state index in [0.717, 1.165) is 0 Å². The van der Waals surface area contributed by atoms with Crippen LogP contribution in [0.4, 0.5) is 5.69 Å². The summed E-state index contributed by atoms with van der Waals surface area (Å²) < 4.78 is 15.5. The highest BCUT2D eigenvalue weighted by molar-refractivity contribution is 6.38. The van der Waals surface area contributed by atoms with Crippen LogP contribution in [0.1, 0.15) is 5.56 Å². The second-order valence-electron chi connectivity index (χ2n) is 4.55. The largest absolute Gasteiger partial charge is 0.495 e. The number of halogens is 3. The van der Waals surface area contributed by atoms with Gasteiger partial charge in [0.1, 0.15) is 16.5 Å². The van der Waals surface area contributed by atoms with E-state index >= 15 is 0 Å². The zero-order valence-electron chi connectivity index (χ0n) is 13.2. The lowest BCUT2D eigenvalue weighted by Gasteiger charge is -2.12. The number of hydrazone groups is 1. The lowest BCUT2D eigenvalue weighted by atomic mass is 10.2. The minimum Gasteiger partial charge on any atom is -0.495 e. The molecule has 2 aromatic rings. The lowest BCUT2D eigenvalue weighted by Crippen LogP contribution is -1.97. The number of ether oxygens (including phenoxy) is 3. The fourth-order valence-corrected chi connectivity index (χ4v) is 2.97. The van der Waals surface area contributed by atoms with E-state index in [9.17, 15) is 0 Å². The fourth-order valence-electron chi connectivity index (χ4n) is 2.01. The molecular formula is C16H15Cl3N2O3. The number of benzene rings is 2. The molecule has 0 aliphatic rings. The quantitative estimate of drug-likeness (QED) is 0.550. The van der Waals surface area contributed by atoms with Crippen molar-refractivity contribution in [2.24, 2.45) is 5.10 Å². The zero-order chi connectivity index (χ0) is 17.7. The highest BCUT2D eigenvalue weighted by atomic mass is 35.5. The maximum Gasteiger partial charge on any atom is 0.159 e. The van der Waals surface area contributed by atoms with Gasteiger partial charge in [-0.15, -0.1) is 0 Å². The molecule has 0 aliphatic heterocycles. The Hall–Kier alpha value is -1.82. The molecule has 0 saturated carbocycles. The van der Waals surface area contributed by atoms with Crippen molar-refractivity contribution in [3.63, 3.8) is 0 Å². The van der Waals surface area contributed by atoms with E-state index in [-0.39, 0.29) is 5.02 Å². The van der Waals surface area contributed by atoms with Gasteiger partial charge in [-0.3, -0.25) is 5.43 Å². The minimum absolute atomic E-state index is 0.279. The van der Waals surface area contributed by atoms with Crippen LogP contribution in [-0.4, -0.2) is 27.5 Å². The maximum absolute atomic E-state index is 6.22. The van der Waals surface area contributed by atoms with Crippen molar-refractivity contribution < 1.29 is 14.2 Å². The van der Waals surface area contributed by atoms with E-state index in [1.807, 2.05) is 0 Å². The van der Waals surface area contributed by atoms with Gasteiger partial charge in [0.15, 0.2) is 5.75 Å². The van der Waals surface area contributed by atoms with Crippen LogP contribution in [0.3, 0.4) is 0 Å². The van der Waals surface area contributed by atoms with E-state index in [2.05, 4.69) is 10.5 Å². The van der Waals surface area contributed by atoms with E-state index in [1.54, 1.807) is 31.4 Å². The Kier molecular flexibility index (Phi) is 6.43. The van der Waals surface area contributed by atoms with Gasteiger partial charge in [-0.25, -0.2) is 0 Å². The lowest BCUT2D eigenvalue weighted by molar-refractivity contribution is 0.394. The SMILES string of the molecule is COc1ccc(N/N=C/c2cc(Cl)c(OC)c(Cl)c2OC)cc1Cl. The molecule has 128 valence electrons. The van der Waals surface area contributed by atoms with Crippen molar-refractivity contribution in [2.45, 2.75) is 0 Å². The molecule has 5 nitrogen and oxygen atoms in total. The van der Waals surface area contributed by atoms with E-state index in [1.165, 1.54) is 20.4 Å². The number of nitrogens with zero attached hydrogens (tertiary/aromatic N) is 1. The Balaban J connectivity index is 2.24. The molecule has 1 N–H and O–H groups in total. The standard InChI is InChI=1S/C16H15Cl3N2O3/c1-22-13-5-4-10(7-11(13)17)21-20-8-9-6-12(18)16(24-3)14(19)15(9)23-2/h4-8,21H,1-3H3/b20-8+. The third kappa shape index (κ3) is 3.98. The summed E-state index contributed by atoms with van der Waals surface area (Å²) in [5, 5.41) is 5.26. The first-order valence-corrected chi connectivity index (χ1v) is 7.87.